The van der Waals surface area contributed by atoms with Crippen LogP contribution in [0.4, 0.5) is 27.6 Å². The Labute approximate surface area is 175 Å². The monoisotopic (exact) mass is 432 g/mol. The van der Waals surface area contributed by atoms with Gasteiger partial charge in [-0.2, -0.15) is 0 Å². The molecule has 4 rings (SSSR count). The Morgan fingerprint density at radius 3 is 2.13 bits per heavy atom. The Morgan fingerprint density at radius 2 is 1.48 bits per heavy atom. The molecule has 1 atom stereocenters. The molecule has 1 N–H and O–H groups in total. The molecule has 3 aromatic rings. The van der Waals surface area contributed by atoms with Gasteiger partial charge in [0.1, 0.15) is 5.56 Å². The summed E-state index contributed by atoms with van der Waals surface area (Å²) in [5.41, 5.74) is 1.41. The van der Waals surface area contributed by atoms with Gasteiger partial charge >= 0.3 is 0 Å². The number of fused-ring (bicyclic) bond motifs is 1. The number of halogens is 5. The predicted molar refractivity (Wildman–Crippen MR) is 105 cm³/mol. The molecule has 0 spiro atoms. The average Bonchev–Trinajstić information content (AvgIpc) is 2.77. The molecule has 160 valence electrons. The number of nitrogens with zero attached hydrogens (tertiary/aromatic N) is 1. The number of amides is 1. The van der Waals surface area contributed by atoms with Crippen molar-refractivity contribution in [3.05, 3.63) is 99.9 Å². The van der Waals surface area contributed by atoms with Crippen LogP contribution >= 0.6 is 0 Å². The molecule has 1 aliphatic heterocycles. The van der Waals surface area contributed by atoms with Crippen molar-refractivity contribution in [2.24, 2.45) is 0 Å². The maximum Gasteiger partial charge on any atom is 0.261 e. The van der Waals surface area contributed by atoms with Gasteiger partial charge in [0.15, 0.2) is 23.3 Å². The van der Waals surface area contributed by atoms with E-state index in [0.29, 0.717) is 18.7 Å². The van der Waals surface area contributed by atoms with Gasteiger partial charge in [-0.25, -0.2) is 22.0 Å². The van der Waals surface area contributed by atoms with E-state index in [1.54, 1.807) is 6.07 Å². The van der Waals surface area contributed by atoms with Crippen molar-refractivity contribution in [3.8, 4) is 0 Å². The van der Waals surface area contributed by atoms with Crippen molar-refractivity contribution >= 4 is 11.6 Å². The number of nitrogens with one attached hydrogen (secondary N) is 1. The minimum Gasteiger partial charge on any atom is -0.321 e. The van der Waals surface area contributed by atoms with Gasteiger partial charge in [-0.3, -0.25) is 4.79 Å². The number of hydrogen-bond donors (Lipinski definition) is 1. The van der Waals surface area contributed by atoms with Crippen molar-refractivity contribution in [2.45, 2.75) is 12.5 Å². The van der Waals surface area contributed by atoms with Gasteiger partial charge in [-0.15, -0.1) is 0 Å². The Kier molecular flexibility index (Phi) is 5.49. The van der Waals surface area contributed by atoms with E-state index >= 15 is 0 Å². The van der Waals surface area contributed by atoms with Gasteiger partial charge in [-0.05, 0) is 29.8 Å². The first-order chi connectivity index (χ1) is 14.8. The van der Waals surface area contributed by atoms with Crippen LogP contribution in [0.5, 0.6) is 0 Å². The summed E-state index contributed by atoms with van der Waals surface area (Å²) in [6, 6.07) is 14.8. The molecule has 0 bridgehead atoms. The second-order valence-corrected chi connectivity index (χ2v) is 7.43. The SMILES string of the molecule is CN1Cc2c(NC(=O)c3c(F)c(F)c(F)c(F)c3F)cccc2C(c2ccccc2)C1. The van der Waals surface area contributed by atoms with Gasteiger partial charge in [0.2, 0.25) is 5.82 Å². The third-order valence-corrected chi connectivity index (χ3v) is 5.40. The number of carbonyl (C=O) groups is 1. The lowest BCUT2D eigenvalue weighted by molar-refractivity contribution is 0.101. The molecule has 1 unspecified atom stereocenters. The van der Waals surface area contributed by atoms with Crippen LogP contribution in [0.15, 0.2) is 48.5 Å². The van der Waals surface area contributed by atoms with E-state index in [0.717, 1.165) is 11.1 Å². The van der Waals surface area contributed by atoms with Crippen LogP contribution < -0.4 is 5.32 Å². The largest absolute Gasteiger partial charge is 0.321 e. The minimum absolute atomic E-state index is 0.0130. The second-order valence-electron chi connectivity index (χ2n) is 7.43. The summed E-state index contributed by atoms with van der Waals surface area (Å²) in [6.07, 6.45) is 0. The van der Waals surface area contributed by atoms with E-state index in [1.165, 1.54) is 6.07 Å². The molecule has 1 aliphatic rings. The molecule has 0 saturated heterocycles. The summed E-state index contributed by atoms with van der Waals surface area (Å²) in [4.78, 5) is 14.6. The zero-order chi connectivity index (χ0) is 22.3. The van der Waals surface area contributed by atoms with E-state index in [1.807, 2.05) is 48.3 Å². The summed E-state index contributed by atoms with van der Waals surface area (Å²) in [6.45, 7) is 1.15. The van der Waals surface area contributed by atoms with Gasteiger partial charge in [0.25, 0.3) is 5.91 Å². The predicted octanol–water partition coefficient (Wildman–Crippen LogP) is 5.21. The quantitative estimate of drug-likeness (QED) is 0.350. The van der Waals surface area contributed by atoms with Gasteiger partial charge in [-0.1, -0.05) is 42.5 Å². The Hall–Kier alpha value is -3.26. The summed E-state index contributed by atoms with van der Waals surface area (Å²) in [7, 11) is 1.89. The fraction of sp³-hybridized carbons (Fsp3) is 0.174. The van der Waals surface area contributed by atoms with Crippen LogP contribution in [0.2, 0.25) is 0 Å². The molecule has 3 nitrogen and oxygen atoms in total. The normalized spacial score (nSPS) is 16.1. The number of hydrogen-bond acceptors (Lipinski definition) is 2. The second kappa shape index (κ2) is 8.11. The minimum atomic E-state index is -2.31. The number of anilines is 1. The molecule has 8 heteroatoms. The van der Waals surface area contributed by atoms with Crippen molar-refractivity contribution in [1.82, 2.24) is 4.90 Å². The Morgan fingerprint density at radius 1 is 0.871 bits per heavy atom. The van der Waals surface area contributed by atoms with Crippen LogP contribution in [-0.2, 0) is 6.54 Å². The Balaban J connectivity index is 1.75. The zero-order valence-corrected chi connectivity index (χ0v) is 16.4. The Bertz CT molecular complexity index is 1140. The molecule has 1 amide bonds. The van der Waals surface area contributed by atoms with Crippen LogP contribution in [-0.4, -0.2) is 24.4 Å². The fourth-order valence-electron chi connectivity index (χ4n) is 3.93. The molecular weight excluding hydrogens is 415 g/mol. The molecule has 1 heterocycles. The van der Waals surface area contributed by atoms with Gasteiger partial charge in [0, 0.05) is 24.7 Å². The summed E-state index contributed by atoms with van der Waals surface area (Å²) in [5.74, 6) is -12.4. The summed E-state index contributed by atoms with van der Waals surface area (Å²) in [5, 5.41) is 2.33. The highest BCUT2D eigenvalue weighted by Crippen LogP contribution is 2.36. The van der Waals surface area contributed by atoms with Crippen LogP contribution in [0.3, 0.4) is 0 Å². The van der Waals surface area contributed by atoms with E-state index in [2.05, 4.69) is 5.32 Å². The molecular formula is C23H17F5N2O. The first kappa shape index (κ1) is 21.0. The highest BCUT2D eigenvalue weighted by Gasteiger charge is 2.31. The summed E-state index contributed by atoms with van der Waals surface area (Å²) < 4.78 is 68.4. The molecule has 0 fully saturated rings. The number of rotatable bonds is 3. The molecule has 0 radical (unpaired) electrons. The smallest absolute Gasteiger partial charge is 0.261 e. The van der Waals surface area contributed by atoms with Crippen molar-refractivity contribution in [2.75, 3.05) is 18.9 Å². The lowest BCUT2D eigenvalue weighted by Gasteiger charge is -2.34. The zero-order valence-electron chi connectivity index (χ0n) is 16.4. The molecule has 31 heavy (non-hydrogen) atoms. The van der Waals surface area contributed by atoms with Crippen molar-refractivity contribution < 1.29 is 26.7 Å². The fourth-order valence-corrected chi connectivity index (χ4v) is 3.93. The summed E-state index contributed by atoms with van der Waals surface area (Å²) >= 11 is 0. The molecule has 0 saturated carbocycles. The lowest BCUT2D eigenvalue weighted by Crippen LogP contribution is -2.32. The van der Waals surface area contributed by atoms with Crippen LogP contribution in [0.25, 0.3) is 0 Å². The highest BCUT2D eigenvalue weighted by atomic mass is 19.2. The third-order valence-electron chi connectivity index (χ3n) is 5.40. The number of carbonyl (C=O) groups excluding carboxylic acids is 1. The third kappa shape index (κ3) is 3.67. The standard InChI is InChI=1S/C23H17F5N2O/c1-30-10-14(12-6-3-2-4-7-12)13-8-5-9-16(15(13)11-30)29-23(31)17-18(24)20(26)22(28)21(27)19(17)25/h2-9,14H,10-11H2,1H3,(H,29,31). The lowest BCUT2D eigenvalue weighted by atomic mass is 9.84. The average molecular weight is 432 g/mol. The van der Waals surface area contributed by atoms with Crippen LogP contribution in [0.1, 0.15) is 33.0 Å². The first-order valence-electron chi connectivity index (χ1n) is 9.47. The van der Waals surface area contributed by atoms with Crippen molar-refractivity contribution in [3.63, 3.8) is 0 Å². The van der Waals surface area contributed by atoms with E-state index in [9.17, 15) is 26.7 Å². The first-order valence-corrected chi connectivity index (χ1v) is 9.47. The maximum atomic E-state index is 14.1. The highest BCUT2D eigenvalue weighted by molar-refractivity contribution is 6.05. The van der Waals surface area contributed by atoms with Gasteiger partial charge in [0.05, 0.1) is 0 Å². The molecule has 0 aromatic heterocycles. The van der Waals surface area contributed by atoms with Gasteiger partial charge < -0.3 is 10.2 Å². The van der Waals surface area contributed by atoms with E-state index in [-0.39, 0.29) is 11.6 Å². The number of benzene rings is 3. The van der Waals surface area contributed by atoms with E-state index < -0.39 is 40.6 Å². The van der Waals surface area contributed by atoms with E-state index in [4.69, 9.17) is 0 Å². The van der Waals surface area contributed by atoms with Crippen LogP contribution in [0, 0.1) is 29.1 Å². The molecule has 3 aromatic carbocycles. The number of likely N-dealkylation sites (N-methyl/N-ethyl adjacent to an activating group) is 1. The maximum absolute atomic E-state index is 14.1. The molecule has 0 aliphatic carbocycles. The topological polar surface area (TPSA) is 32.3 Å². The van der Waals surface area contributed by atoms with Crippen molar-refractivity contribution in [1.29, 1.82) is 0 Å².